The minimum atomic E-state index is 0.403. The summed E-state index contributed by atoms with van der Waals surface area (Å²) in [5, 5.41) is 7.22. The van der Waals surface area contributed by atoms with Crippen LogP contribution in [0.4, 0.5) is 0 Å². The first-order chi connectivity index (χ1) is 6.22. The van der Waals surface area contributed by atoms with Crippen molar-refractivity contribution in [2.45, 2.75) is 19.9 Å². The zero-order valence-electron chi connectivity index (χ0n) is 8.29. The molecule has 1 unspecified atom stereocenters. The Hall–Kier alpha value is -1.10. The van der Waals surface area contributed by atoms with Gasteiger partial charge in [-0.15, -0.1) is 0 Å². The second-order valence-corrected chi connectivity index (χ2v) is 3.13. The minimum absolute atomic E-state index is 0.403. The Labute approximate surface area is 78.3 Å². The highest BCUT2D eigenvalue weighted by molar-refractivity contribution is 5.86. The molecule has 5 nitrogen and oxygen atoms in total. The lowest BCUT2D eigenvalue weighted by Crippen LogP contribution is -2.35. The molecule has 0 radical (unpaired) electrons. The molecule has 1 heterocycles. The zero-order chi connectivity index (χ0) is 9.68. The third-order valence-corrected chi connectivity index (χ3v) is 1.61. The molecule has 2 N–H and O–H groups in total. The van der Waals surface area contributed by atoms with E-state index in [4.69, 9.17) is 4.74 Å². The SMILES string of the molecule is COC/C(C)=N/NC1=NCC(C)N1. The van der Waals surface area contributed by atoms with Crippen molar-refractivity contribution in [1.29, 1.82) is 0 Å². The maximum Gasteiger partial charge on any atom is 0.212 e. The van der Waals surface area contributed by atoms with E-state index in [-0.39, 0.29) is 0 Å². The predicted octanol–water partition coefficient (Wildman–Crippen LogP) is -0.0540. The Kier molecular flexibility index (Phi) is 3.70. The molecule has 0 saturated heterocycles. The summed E-state index contributed by atoms with van der Waals surface area (Å²) in [6, 6.07) is 0.403. The van der Waals surface area contributed by atoms with Crippen LogP contribution in [0.25, 0.3) is 0 Å². The van der Waals surface area contributed by atoms with Crippen molar-refractivity contribution in [3.63, 3.8) is 0 Å². The molecule has 0 bridgehead atoms. The van der Waals surface area contributed by atoms with E-state index in [0.717, 1.165) is 18.2 Å². The lowest BCUT2D eigenvalue weighted by Gasteiger charge is -2.05. The number of nitrogens with zero attached hydrogens (tertiary/aromatic N) is 2. The topological polar surface area (TPSA) is 58.0 Å². The summed E-state index contributed by atoms with van der Waals surface area (Å²) < 4.78 is 4.91. The first-order valence-electron chi connectivity index (χ1n) is 4.31. The van der Waals surface area contributed by atoms with E-state index in [2.05, 4.69) is 27.8 Å². The van der Waals surface area contributed by atoms with Gasteiger partial charge in [-0.25, -0.2) is 10.4 Å². The van der Waals surface area contributed by atoms with Crippen LogP contribution in [0.2, 0.25) is 0 Å². The van der Waals surface area contributed by atoms with Crippen molar-refractivity contribution in [1.82, 2.24) is 10.7 Å². The smallest absolute Gasteiger partial charge is 0.212 e. The van der Waals surface area contributed by atoms with Gasteiger partial charge in [0, 0.05) is 13.2 Å². The summed E-state index contributed by atoms with van der Waals surface area (Å²) in [5.41, 5.74) is 3.74. The van der Waals surface area contributed by atoms with Gasteiger partial charge in [-0.05, 0) is 13.8 Å². The average Bonchev–Trinajstić information content (AvgIpc) is 2.49. The second kappa shape index (κ2) is 4.81. The third kappa shape index (κ3) is 3.42. The van der Waals surface area contributed by atoms with E-state index in [1.807, 2.05) is 6.92 Å². The van der Waals surface area contributed by atoms with Crippen LogP contribution < -0.4 is 10.7 Å². The Morgan fingerprint density at radius 1 is 1.85 bits per heavy atom. The molecule has 0 amide bonds. The summed E-state index contributed by atoms with van der Waals surface area (Å²) in [6.45, 7) is 5.32. The number of rotatable bonds is 3. The van der Waals surface area contributed by atoms with Crippen LogP contribution >= 0.6 is 0 Å². The summed E-state index contributed by atoms with van der Waals surface area (Å²) >= 11 is 0. The molecule has 13 heavy (non-hydrogen) atoms. The molecule has 5 heteroatoms. The number of guanidine groups is 1. The number of hydrogen-bond acceptors (Lipinski definition) is 5. The number of hydrazone groups is 1. The molecule has 1 atom stereocenters. The Balaban J connectivity index is 2.29. The van der Waals surface area contributed by atoms with E-state index in [9.17, 15) is 0 Å². The molecule has 1 aliphatic heterocycles. The van der Waals surface area contributed by atoms with E-state index in [1.54, 1.807) is 7.11 Å². The van der Waals surface area contributed by atoms with Crippen LogP contribution in [0.1, 0.15) is 13.8 Å². The monoisotopic (exact) mass is 184 g/mol. The van der Waals surface area contributed by atoms with Crippen molar-refractivity contribution >= 4 is 11.7 Å². The van der Waals surface area contributed by atoms with Gasteiger partial charge in [-0.3, -0.25) is 0 Å². The molecule has 1 aliphatic rings. The maximum absolute atomic E-state index is 4.91. The van der Waals surface area contributed by atoms with Gasteiger partial charge in [0.1, 0.15) is 0 Å². The van der Waals surface area contributed by atoms with E-state index in [1.165, 1.54) is 0 Å². The summed E-state index contributed by atoms with van der Waals surface area (Å²) in [7, 11) is 1.65. The lowest BCUT2D eigenvalue weighted by atomic mass is 10.4. The molecule has 0 aromatic heterocycles. The van der Waals surface area contributed by atoms with Gasteiger partial charge < -0.3 is 10.1 Å². The Morgan fingerprint density at radius 3 is 3.15 bits per heavy atom. The predicted molar refractivity (Wildman–Crippen MR) is 53.0 cm³/mol. The van der Waals surface area contributed by atoms with Crippen molar-refractivity contribution in [2.24, 2.45) is 10.1 Å². The Bertz CT molecular complexity index is 224. The van der Waals surface area contributed by atoms with Crippen LogP contribution in [0, 0.1) is 0 Å². The molecule has 74 valence electrons. The normalized spacial score (nSPS) is 22.5. The standard InChI is InChI=1S/C8H16N4O/c1-6-4-9-8(10-6)12-11-7(2)5-13-3/h6H,4-5H2,1-3H3,(H2,9,10,12)/b11-7+. The van der Waals surface area contributed by atoms with Gasteiger partial charge in [0.05, 0.1) is 18.9 Å². The number of methoxy groups -OCH3 is 1. The highest BCUT2D eigenvalue weighted by Gasteiger charge is 2.10. The van der Waals surface area contributed by atoms with Gasteiger partial charge >= 0.3 is 0 Å². The number of ether oxygens (including phenoxy) is 1. The molecule has 0 saturated carbocycles. The largest absolute Gasteiger partial charge is 0.379 e. The van der Waals surface area contributed by atoms with E-state index in [0.29, 0.717) is 12.6 Å². The maximum atomic E-state index is 4.91. The molecule has 0 aromatic rings. The fourth-order valence-corrected chi connectivity index (χ4v) is 1.01. The average molecular weight is 184 g/mol. The molecule has 0 spiro atoms. The van der Waals surface area contributed by atoms with Gasteiger partial charge in [-0.1, -0.05) is 0 Å². The van der Waals surface area contributed by atoms with E-state index < -0.39 is 0 Å². The summed E-state index contributed by atoms with van der Waals surface area (Å²) in [4.78, 5) is 4.20. The first-order valence-corrected chi connectivity index (χ1v) is 4.31. The van der Waals surface area contributed by atoms with Crippen LogP contribution in [0.5, 0.6) is 0 Å². The number of aliphatic imine (C=N–C) groups is 1. The van der Waals surface area contributed by atoms with Crippen molar-refractivity contribution < 1.29 is 4.74 Å². The van der Waals surface area contributed by atoms with Crippen molar-refractivity contribution in [3.05, 3.63) is 0 Å². The van der Waals surface area contributed by atoms with E-state index >= 15 is 0 Å². The summed E-state index contributed by atoms with van der Waals surface area (Å²) in [5.74, 6) is 0.739. The van der Waals surface area contributed by atoms with Crippen LogP contribution in [-0.2, 0) is 4.74 Å². The number of nitrogens with one attached hydrogen (secondary N) is 2. The van der Waals surface area contributed by atoms with Gasteiger partial charge in [0.2, 0.25) is 5.96 Å². The fraction of sp³-hybridized carbons (Fsp3) is 0.750. The third-order valence-electron chi connectivity index (χ3n) is 1.61. The van der Waals surface area contributed by atoms with Crippen LogP contribution in [-0.4, -0.2) is 38.0 Å². The molecular formula is C8H16N4O. The van der Waals surface area contributed by atoms with Gasteiger partial charge in [-0.2, -0.15) is 5.10 Å². The minimum Gasteiger partial charge on any atom is -0.379 e. The second-order valence-electron chi connectivity index (χ2n) is 3.13. The number of hydrogen-bond donors (Lipinski definition) is 2. The molecule has 1 rings (SSSR count). The molecule has 0 fully saturated rings. The Morgan fingerprint density at radius 2 is 2.62 bits per heavy atom. The lowest BCUT2D eigenvalue weighted by molar-refractivity contribution is 0.244. The van der Waals surface area contributed by atoms with Crippen molar-refractivity contribution in [2.75, 3.05) is 20.3 Å². The molecule has 0 aromatic carbocycles. The zero-order valence-corrected chi connectivity index (χ0v) is 8.29. The highest BCUT2D eigenvalue weighted by atomic mass is 16.5. The fourth-order valence-electron chi connectivity index (χ4n) is 1.01. The highest BCUT2D eigenvalue weighted by Crippen LogP contribution is 1.91. The molecule has 0 aliphatic carbocycles. The van der Waals surface area contributed by atoms with Crippen LogP contribution in [0.3, 0.4) is 0 Å². The first kappa shape index (κ1) is 9.98. The van der Waals surface area contributed by atoms with Gasteiger partial charge in [0.15, 0.2) is 0 Å². The summed E-state index contributed by atoms with van der Waals surface area (Å²) in [6.07, 6.45) is 0. The quantitative estimate of drug-likeness (QED) is 0.477. The van der Waals surface area contributed by atoms with Crippen molar-refractivity contribution in [3.8, 4) is 0 Å². The van der Waals surface area contributed by atoms with Gasteiger partial charge in [0.25, 0.3) is 0 Å². The molecular weight excluding hydrogens is 168 g/mol. The van der Waals surface area contributed by atoms with Crippen LogP contribution in [0.15, 0.2) is 10.1 Å².